The third-order valence-corrected chi connectivity index (χ3v) is 4.86. The SMILES string of the molecule is COc1cc(OCc2c(F)cccc2[NH+]=O)cc(OC)c1/C=C1\SC(=O)NC1=O. The van der Waals surface area contributed by atoms with Crippen molar-refractivity contribution in [3.05, 3.63) is 57.1 Å². The van der Waals surface area contributed by atoms with Crippen molar-refractivity contribution in [1.82, 2.24) is 5.32 Å². The average Bonchev–Trinajstić information content (AvgIpc) is 3.03. The molecule has 0 atom stereocenters. The molecule has 1 heterocycles. The molecule has 0 unspecified atom stereocenters. The van der Waals surface area contributed by atoms with Crippen LogP contribution in [-0.4, -0.2) is 25.4 Å². The number of hydrogen-bond acceptors (Lipinski definition) is 7. The van der Waals surface area contributed by atoms with Crippen LogP contribution in [-0.2, 0) is 11.4 Å². The molecule has 1 fully saturated rings. The summed E-state index contributed by atoms with van der Waals surface area (Å²) in [6.45, 7) is -0.212. The lowest BCUT2D eigenvalue weighted by molar-refractivity contribution is -0.380. The maximum atomic E-state index is 14.0. The van der Waals surface area contributed by atoms with E-state index in [0.717, 1.165) is 11.8 Å². The van der Waals surface area contributed by atoms with E-state index in [2.05, 4.69) is 5.32 Å². The minimum Gasteiger partial charge on any atom is -0.496 e. The van der Waals surface area contributed by atoms with Crippen molar-refractivity contribution in [3.8, 4) is 17.2 Å². The summed E-state index contributed by atoms with van der Waals surface area (Å²) in [5.41, 5.74) is 0.575. The fourth-order valence-electron chi connectivity index (χ4n) is 2.65. The first kappa shape index (κ1) is 20.3. The maximum absolute atomic E-state index is 14.0. The highest BCUT2D eigenvalue weighted by Crippen LogP contribution is 2.38. The fourth-order valence-corrected chi connectivity index (χ4v) is 3.31. The molecule has 0 aromatic heterocycles. The first-order valence-corrected chi connectivity index (χ1v) is 9.07. The van der Waals surface area contributed by atoms with Gasteiger partial charge in [-0.05, 0) is 23.9 Å². The van der Waals surface area contributed by atoms with Crippen LogP contribution in [0.25, 0.3) is 6.08 Å². The normalized spacial score (nSPS) is 14.7. The lowest BCUT2D eigenvalue weighted by Gasteiger charge is -2.14. The Hall–Kier alpha value is -3.40. The van der Waals surface area contributed by atoms with Gasteiger partial charge in [0.1, 0.15) is 35.2 Å². The second kappa shape index (κ2) is 8.74. The lowest BCUT2D eigenvalue weighted by Crippen LogP contribution is -2.56. The highest BCUT2D eigenvalue weighted by molar-refractivity contribution is 8.18. The highest BCUT2D eigenvalue weighted by atomic mass is 32.2. The number of halogens is 1. The molecular formula is C19H16FN2O6S+. The Kier molecular flexibility index (Phi) is 6.13. The van der Waals surface area contributed by atoms with Crippen molar-refractivity contribution in [2.24, 2.45) is 0 Å². The predicted octanol–water partition coefficient (Wildman–Crippen LogP) is 2.22. The van der Waals surface area contributed by atoms with Crippen molar-refractivity contribution in [2.75, 3.05) is 14.2 Å². The molecule has 2 N–H and O–H groups in total. The quantitative estimate of drug-likeness (QED) is 0.663. The molecule has 1 aliphatic heterocycles. The number of thioether (sulfide) groups is 1. The predicted molar refractivity (Wildman–Crippen MR) is 103 cm³/mol. The summed E-state index contributed by atoms with van der Waals surface area (Å²) in [6, 6.07) is 7.13. The molecule has 0 radical (unpaired) electrons. The Morgan fingerprint density at radius 3 is 2.41 bits per heavy atom. The Labute approximate surface area is 169 Å². The number of imide groups is 1. The van der Waals surface area contributed by atoms with E-state index in [1.165, 1.54) is 50.6 Å². The van der Waals surface area contributed by atoms with Crippen LogP contribution < -0.4 is 24.7 Å². The maximum Gasteiger partial charge on any atom is 0.290 e. The first-order chi connectivity index (χ1) is 14.0. The van der Waals surface area contributed by atoms with E-state index in [1.807, 2.05) is 0 Å². The smallest absolute Gasteiger partial charge is 0.290 e. The Bertz CT molecular complexity index is 999. The van der Waals surface area contributed by atoms with Crippen molar-refractivity contribution >= 4 is 34.7 Å². The number of methoxy groups -OCH3 is 2. The van der Waals surface area contributed by atoms with Crippen LogP contribution in [0.4, 0.5) is 14.9 Å². The van der Waals surface area contributed by atoms with Gasteiger partial charge in [-0.2, -0.15) is 0 Å². The van der Waals surface area contributed by atoms with Crippen molar-refractivity contribution in [2.45, 2.75) is 6.61 Å². The Balaban J connectivity index is 1.93. The van der Waals surface area contributed by atoms with Gasteiger partial charge >= 0.3 is 0 Å². The topological polar surface area (TPSA) is 105 Å². The molecular weight excluding hydrogens is 403 g/mol. The average molecular weight is 419 g/mol. The molecule has 2 amide bonds. The summed E-state index contributed by atoms with van der Waals surface area (Å²) in [7, 11) is 2.84. The second-order valence-corrected chi connectivity index (χ2v) is 6.77. The monoisotopic (exact) mass is 419 g/mol. The lowest BCUT2D eigenvalue weighted by atomic mass is 10.1. The molecule has 2 aromatic carbocycles. The van der Waals surface area contributed by atoms with Crippen LogP contribution >= 0.6 is 11.8 Å². The van der Waals surface area contributed by atoms with Gasteiger partial charge in [-0.15, -0.1) is 0 Å². The van der Waals surface area contributed by atoms with Gasteiger partial charge in [-0.3, -0.25) is 14.9 Å². The molecule has 1 saturated heterocycles. The number of carbonyl (C=O) groups is 2. The third-order valence-electron chi connectivity index (χ3n) is 4.05. The van der Waals surface area contributed by atoms with Crippen LogP contribution in [0, 0.1) is 10.7 Å². The molecule has 29 heavy (non-hydrogen) atoms. The van der Waals surface area contributed by atoms with Gasteiger partial charge in [-0.25, -0.2) is 4.39 Å². The third kappa shape index (κ3) is 4.37. The Morgan fingerprint density at radius 2 is 1.86 bits per heavy atom. The van der Waals surface area contributed by atoms with Crippen LogP contribution in [0.1, 0.15) is 11.1 Å². The van der Waals surface area contributed by atoms with E-state index in [9.17, 15) is 18.9 Å². The molecule has 3 rings (SSSR count). The zero-order valence-electron chi connectivity index (χ0n) is 15.4. The molecule has 1 aliphatic rings. The summed E-state index contributed by atoms with van der Waals surface area (Å²) >= 11 is 0.765. The first-order valence-electron chi connectivity index (χ1n) is 8.26. The number of carbonyl (C=O) groups excluding carboxylic acids is 2. The minimum atomic E-state index is -0.583. The van der Waals surface area contributed by atoms with Gasteiger partial charge in [-0.1, -0.05) is 6.07 Å². The van der Waals surface area contributed by atoms with Crippen LogP contribution in [0.3, 0.4) is 0 Å². The summed E-state index contributed by atoms with van der Waals surface area (Å²) in [5.74, 6) is -0.173. The van der Waals surface area contributed by atoms with Gasteiger partial charge in [0.15, 0.2) is 0 Å². The van der Waals surface area contributed by atoms with E-state index < -0.39 is 17.0 Å². The number of benzene rings is 2. The number of nitrogens with one attached hydrogen (secondary N) is 2. The van der Waals surface area contributed by atoms with Crippen molar-refractivity contribution < 1.29 is 33.4 Å². The molecule has 8 nitrogen and oxygen atoms in total. The largest absolute Gasteiger partial charge is 0.496 e. The van der Waals surface area contributed by atoms with Crippen LogP contribution in [0.2, 0.25) is 0 Å². The molecule has 2 aromatic rings. The van der Waals surface area contributed by atoms with Crippen LogP contribution in [0.15, 0.2) is 35.2 Å². The van der Waals surface area contributed by atoms with Crippen molar-refractivity contribution in [3.63, 3.8) is 0 Å². The number of amides is 2. The molecule has 150 valence electrons. The highest BCUT2D eigenvalue weighted by Gasteiger charge is 2.26. The standard InChI is InChI=1S/C19H15FN2O6S/c1-26-15-6-10(28-9-12-13(20)4-3-5-14(12)22-25)7-16(27-2)11(15)8-17-18(23)21-19(24)29-17/h3-8H,9H2,1-2H3,(H,21,23,24)/p+1/b17-8-. The molecule has 0 spiro atoms. The van der Waals surface area contributed by atoms with Gasteiger partial charge in [0.05, 0.1) is 24.7 Å². The van der Waals surface area contributed by atoms with E-state index in [4.69, 9.17) is 14.2 Å². The van der Waals surface area contributed by atoms with Gasteiger partial charge in [0.25, 0.3) is 16.8 Å². The van der Waals surface area contributed by atoms with E-state index in [1.54, 1.807) is 5.18 Å². The van der Waals surface area contributed by atoms with E-state index >= 15 is 0 Å². The molecule has 0 saturated carbocycles. The summed E-state index contributed by atoms with van der Waals surface area (Å²) in [5, 5.41) is 3.39. The zero-order valence-corrected chi connectivity index (χ0v) is 16.2. The van der Waals surface area contributed by atoms with Gasteiger partial charge in [0.2, 0.25) is 0 Å². The van der Waals surface area contributed by atoms with Crippen LogP contribution in [0.5, 0.6) is 17.2 Å². The van der Waals surface area contributed by atoms with E-state index in [-0.39, 0.29) is 22.8 Å². The number of ether oxygens (including phenoxy) is 3. The summed E-state index contributed by atoms with van der Waals surface area (Å²) < 4.78 is 30.3. The molecule has 0 bridgehead atoms. The van der Waals surface area contributed by atoms with Crippen molar-refractivity contribution in [1.29, 1.82) is 0 Å². The molecule has 10 heteroatoms. The van der Waals surface area contributed by atoms with E-state index in [0.29, 0.717) is 22.8 Å². The summed E-state index contributed by atoms with van der Waals surface area (Å²) in [6.07, 6.45) is 1.47. The zero-order chi connectivity index (χ0) is 21.0. The summed E-state index contributed by atoms with van der Waals surface area (Å²) in [4.78, 5) is 34.4. The molecule has 0 aliphatic carbocycles. The van der Waals surface area contributed by atoms with Gasteiger partial charge in [0, 0.05) is 28.3 Å². The number of hydrogen-bond donors (Lipinski definition) is 2. The second-order valence-electron chi connectivity index (χ2n) is 5.75. The number of nitroso groups, excluding NO2 is 1. The minimum absolute atomic E-state index is 0.0687. The fraction of sp³-hybridized carbons (Fsp3) is 0.158. The Morgan fingerprint density at radius 1 is 1.17 bits per heavy atom. The number of rotatable bonds is 7. The van der Waals surface area contributed by atoms with Gasteiger partial charge < -0.3 is 14.2 Å².